The molecule has 3 heteroatoms. The maximum atomic E-state index is 12.5. The lowest BCUT2D eigenvalue weighted by Gasteiger charge is -2.06. The molecule has 0 N–H and O–H groups in total. The van der Waals surface area contributed by atoms with Gasteiger partial charge in [-0.05, 0) is 72.9 Å². The Labute approximate surface area is 184 Å². The minimum Gasteiger partial charge on any atom is -0.423 e. The number of nitriles is 1. The number of rotatable bonds is 6. The quantitative estimate of drug-likeness (QED) is 0.283. The topological polar surface area (TPSA) is 50.1 Å². The number of hydrogen-bond donors (Lipinski definition) is 0. The Bertz CT molecular complexity index is 1140. The summed E-state index contributed by atoms with van der Waals surface area (Å²) in [6.45, 7) is 4.26. The van der Waals surface area contributed by atoms with Gasteiger partial charge in [-0.3, -0.25) is 0 Å². The molecule has 0 heterocycles. The van der Waals surface area contributed by atoms with Crippen LogP contribution in [0.25, 0.3) is 0 Å². The maximum absolute atomic E-state index is 12.5. The van der Waals surface area contributed by atoms with Crippen molar-refractivity contribution in [2.24, 2.45) is 0 Å². The molecular formula is C28H25NO2. The van der Waals surface area contributed by atoms with Crippen LogP contribution in [0.4, 0.5) is 0 Å². The number of unbranched alkanes of at least 4 members (excludes halogenated alkanes) is 1. The first-order valence-corrected chi connectivity index (χ1v) is 10.6. The molecule has 0 aliphatic carbocycles. The molecule has 3 aromatic rings. The molecular weight excluding hydrogens is 382 g/mol. The Morgan fingerprint density at radius 1 is 0.871 bits per heavy atom. The van der Waals surface area contributed by atoms with Crippen LogP contribution in [-0.2, 0) is 12.8 Å². The third-order valence-corrected chi connectivity index (χ3v) is 5.03. The number of benzene rings is 3. The van der Waals surface area contributed by atoms with Gasteiger partial charge >= 0.3 is 5.97 Å². The molecule has 0 saturated carbocycles. The fraction of sp³-hybridized carbons (Fsp3) is 0.214. The fourth-order valence-electron chi connectivity index (χ4n) is 3.11. The van der Waals surface area contributed by atoms with Gasteiger partial charge in [-0.15, -0.1) is 0 Å². The van der Waals surface area contributed by atoms with Crippen molar-refractivity contribution >= 4 is 5.97 Å². The molecule has 31 heavy (non-hydrogen) atoms. The van der Waals surface area contributed by atoms with E-state index in [1.54, 1.807) is 30.3 Å². The lowest BCUT2D eigenvalue weighted by Crippen LogP contribution is -2.08. The Kier molecular flexibility index (Phi) is 7.63. The van der Waals surface area contributed by atoms with Crippen molar-refractivity contribution in [1.29, 1.82) is 5.26 Å². The fourth-order valence-corrected chi connectivity index (χ4v) is 3.11. The third-order valence-electron chi connectivity index (χ3n) is 5.03. The van der Waals surface area contributed by atoms with E-state index < -0.39 is 5.97 Å². The van der Waals surface area contributed by atoms with E-state index in [0.29, 0.717) is 22.4 Å². The number of carbonyl (C=O) groups excluding carboxylic acids is 1. The van der Waals surface area contributed by atoms with Crippen LogP contribution in [0.15, 0.2) is 66.7 Å². The molecule has 0 atom stereocenters. The zero-order valence-electron chi connectivity index (χ0n) is 17.9. The molecule has 0 spiro atoms. The number of hydrogen-bond acceptors (Lipinski definition) is 3. The van der Waals surface area contributed by atoms with Crippen molar-refractivity contribution in [3.05, 3.63) is 100 Å². The largest absolute Gasteiger partial charge is 0.423 e. The van der Waals surface area contributed by atoms with Gasteiger partial charge in [0.2, 0.25) is 0 Å². The predicted octanol–water partition coefficient (Wildman–Crippen LogP) is 6.08. The first kappa shape index (κ1) is 21.9. The standard InChI is InChI=1S/C28H25NO2/c1-3-5-6-22-12-15-25(16-13-22)28(30)31-27-18-17-24(26(19-27)20-29)14-11-23-9-7-21(4-2)8-10-23/h7-10,12-13,15-19H,3-6H2,1-2H3. The van der Waals surface area contributed by atoms with Gasteiger partial charge in [0, 0.05) is 11.1 Å². The molecule has 0 aliphatic heterocycles. The molecule has 3 rings (SSSR count). The summed E-state index contributed by atoms with van der Waals surface area (Å²) in [6.07, 6.45) is 4.24. The van der Waals surface area contributed by atoms with Gasteiger partial charge in [0.1, 0.15) is 11.8 Å². The van der Waals surface area contributed by atoms with Gasteiger partial charge in [-0.1, -0.05) is 56.4 Å². The summed E-state index contributed by atoms with van der Waals surface area (Å²) >= 11 is 0. The zero-order valence-corrected chi connectivity index (χ0v) is 17.9. The molecule has 0 bridgehead atoms. The van der Waals surface area contributed by atoms with E-state index in [2.05, 4.69) is 31.8 Å². The van der Waals surface area contributed by atoms with Crippen LogP contribution in [0.3, 0.4) is 0 Å². The predicted molar refractivity (Wildman–Crippen MR) is 123 cm³/mol. The van der Waals surface area contributed by atoms with Gasteiger partial charge in [-0.2, -0.15) is 5.26 Å². The lowest BCUT2D eigenvalue weighted by molar-refractivity contribution is 0.0734. The third kappa shape index (κ3) is 6.08. The molecule has 0 saturated heterocycles. The summed E-state index contributed by atoms with van der Waals surface area (Å²) in [4.78, 5) is 12.5. The van der Waals surface area contributed by atoms with E-state index in [0.717, 1.165) is 31.2 Å². The summed E-state index contributed by atoms with van der Waals surface area (Å²) in [5.74, 6) is 6.01. The van der Waals surface area contributed by atoms with Crippen LogP contribution in [-0.4, -0.2) is 5.97 Å². The van der Waals surface area contributed by atoms with Gasteiger partial charge in [-0.25, -0.2) is 4.79 Å². The van der Waals surface area contributed by atoms with Crippen molar-refractivity contribution < 1.29 is 9.53 Å². The molecule has 0 unspecified atom stereocenters. The maximum Gasteiger partial charge on any atom is 0.343 e. The average molecular weight is 408 g/mol. The molecule has 0 aromatic heterocycles. The molecule has 0 aliphatic rings. The first-order valence-electron chi connectivity index (χ1n) is 10.6. The van der Waals surface area contributed by atoms with E-state index in [1.807, 2.05) is 36.4 Å². The summed E-state index contributed by atoms with van der Waals surface area (Å²) < 4.78 is 5.47. The normalized spacial score (nSPS) is 9.97. The van der Waals surface area contributed by atoms with Gasteiger partial charge < -0.3 is 4.74 Å². The minimum atomic E-state index is -0.444. The monoisotopic (exact) mass is 407 g/mol. The molecule has 0 radical (unpaired) electrons. The Morgan fingerprint density at radius 2 is 1.58 bits per heavy atom. The summed E-state index contributed by atoms with van der Waals surface area (Å²) in [6, 6.07) is 22.6. The van der Waals surface area contributed by atoms with Crippen molar-refractivity contribution in [2.75, 3.05) is 0 Å². The van der Waals surface area contributed by atoms with E-state index >= 15 is 0 Å². The lowest BCUT2D eigenvalue weighted by atomic mass is 10.1. The van der Waals surface area contributed by atoms with Crippen LogP contribution < -0.4 is 4.74 Å². The number of ether oxygens (including phenoxy) is 1. The number of aryl methyl sites for hydroxylation is 2. The second kappa shape index (κ2) is 10.8. The van der Waals surface area contributed by atoms with Crippen LogP contribution in [0, 0.1) is 23.2 Å². The summed E-state index contributed by atoms with van der Waals surface area (Å²) in [7, 11) is 0. The molecule has 154 valence electrons. The highest BCUT2D eigenvalue weighted by Crippen LogP contribution is 2.19. The molecule has 3 aromatic carbocycles. The minimum absolute atomic E-state index is 0.328. The smallest absolute Gasteiger partial charge is 0.343 e. The van der Waals surface area contributed by atoms with E-state index in [1.165, 1.54) is 11.1 Å². The van der Waals surface area contributed by atoms with Crippen molar-refractivity contribution in [1.82, 2.24) is 0 Å². The van der Waals surface area contributed by atoms with Crippen molar-refractivity contribution in [3.63, 3.8) is 0 Å². The molecule has 0 fully saturated rings. The van der Waals surface area contributed by atoms with Gasteiger partial charge in [0.25, 0.3) is 0 Å². The molecule has 3 nitrogen and oxygen atoms in total. The van der Waals surface area contributed by atoms with E-state index in [9.17, 15) is 10.1 Å². The number of carbonyl (C=O) groups is 1. The second-order valence-corrected chi connectivity index (χ2v) is 7.31. The Hall–Kier alpha value is -3.82. The first-order chi connectivity index (χ1) is 15.1. The van der Waals surface area contributed by atoms with Gasteiger partial charge in [0.15, 0.2) is 0 Å². The van der Waals surface area contributed by atoms with Crippen LogP contribution >= 0.6 is 0 Å². The van der Waals surface area contributed by atoms with Crippen molar-refractivity contribution in [3.8, 4) is 23.7 Å². The zero-order chi connectivity index (χ0) is 22.1. The highest BCUT2D eigenvalue weighted by Gasteiger charge is 2.10. The Balaban J connectivity index is 1.71. The van der Waals surface area contributed by atoms with E-state index in [4.69, 9.17) is 4.74 Å². The summed E-state index contributed by atoms with van der Waals surface area (Å²) in [5.41, 5.74) is 4.81. The second-order valence-electron chi connectivity index (χ2n) is 7.31. The van der Waals surface area contributed by atoms with Crippen LogP contribution in [0.2, 0.25) is 0 Å². The Morgan fingerprint density at radius 3 is 2.23 bits per heavy atom. The number of esters is 1. The van der Waals surface area contributed by atoms with Crippen molar-refractivity contribution in [2.45, 2.75) is 39.5 Å². The highest BCUT2D eigenvalue weighted by atomic mass is 16.5. The SMILES string of the molecule is CCCCc1ccc(C(=O)Oc2ccc(C#Cc3ccc(CC)cc3)c(C#N)c2)cc1. The van der Waals surface area contributed by atoms with Crippen LogP contribution in [0.5, 0.6) is 5.75 Å². The van der Waals surface area contributed by atoms with Crippen LogP contribution in [0.1, 0.15) is 64.9 Å². The van der Waals surface area contributed by atoms with E-state index in [-0.39, 0.29) is 0 Å². The number of nitrogens with zero attached hydrogens (tertiary/aromatic N) is 1. The molecule has 0 amide bonds. The average Bonchev–Trinajstić information content (AvgIpc) is 2.82. The van der Waals surface area contributed by atoms with Gasteiger partial charge in [0.05, 0.1) is 11.1 Å². The highest BCUT2D eigenvalue weighted by molar-refractivity contribution is 5.91. The summed E-state index contributed by atoms with van der Waals surface area (Å²) in [5, 5.41) is 9.50.